The molecule has 0 aliphatic carbocycles. The van der Waals surface area contributed by atoms with Crippen LogP contribution in [0.2, 0.25) is 0 Å². The summed E-state index contributed by atoms with van der Waals surface area (Å²) in [5, 5.41) is 34.0. The number of benzene rings is 1. The average Bonchev–Trinajstić information content (AvgIpc) is 3.28. The molecule has 2 aliphatic heterocycles. The van der Waals surface area contributed by atoms with Crippen LogP contribution in [0, 0.1) is 19.7 Å². The van der Waals surface area contributed by atoms with Gasteiger partial charge in [0.15, 0.2) is 17.6 Å². The molecule has 2 amide bonds. The zero-order chi connectivity index (χ0) is 22.4. The summed E-state index contributed by atoms with van der Waals surface area (Å²) in [4.78, 5) is 28.2. The number of amides is 2. The van der Waals surface area contributed by atoms with Crippen LogP contribution in [-0.4, -0.2) is 51.1 Å². The average molecular weight is 429 g/mol. The molecule has 1 aromatic carbocycles. The molecule has 3 heterocycles. The molecule has 0 bridgehead atoms. The van der Waals surface area contributed by atoms with Crippen molar-refractivity contribution in [2.45, 2.75) is 26.2 Å². The summed E-state index contributed by atoms with van der Waals surface area (Å²) in [5.74, 6) is -2.22. The highest BCUT2D eigenvalue weighted by Crippen LogP contribution is 2.34. The Balaban J connectivity index is 1.62. The fraction of sp³-hybridized carbons (Fsp3) is 0.238. The first-order valence-electron chi connectivity index (χ1n) is 9.41. The maximum Gasteiger partial charge on any atom is 0.256 e. The second-order valence-electron chi connectivity index (χ2n) is 7.29. The Hall–Kier alpha value is -3.63. The number of aliphatic hydroxyl groups excluding tert-OH is 3. The number of H-pyrrole nitrogens is 1. The molecule has 2 aromatic rings. The highest BCUT2D eigenvalue weighted by atomic mass is 19.1. The minimum Gasteiger partial charge on any atom is -0.506 e. The summed E-state index contributed by atoms with van der Waals surface area (Å²) >= 11 is 0. The second-order valence-corrected chi connectivity index (χ2v) is 7.29. The van der Waals surface area contributed by atoms with Gasteiger partial charge in [0.2, 0.25) is 6.23 Å². The molecule has 0 spiro atoms. The van der Waals surface area contributed by atoms with Crippen molar-refractivity contribution in [1.82, 2.24) is 10.3 Å². The Labute approximate surface area is 175 Å². The Morgan fingerprint density at radius 3 is 2.77 bits per heavy atom. The monoisotopic (exact) mass is 429 g/mol. The first-order valence-corrected chi connectivity index (χ1v) is 9.41. The van der Waals surface area contributed by atoms with E-state index < -0.39 is 36.4 Å². The molecular weight excluding hydrogens is 409 g/mol. The van der Waals surface area contributed by atoms with Gasteiger partial charge in [0, 0.05) is 22.6 Å². The predicted octanol–water partition coefficient (Wildman–Crippen LogP) is 1.47. The van der Waals surface area contributed by atoms with E-state index in [4.69, 9.17) is 9.84 Å². The van der Waals surface area contributed by atoms with E-state index in [0.29, 0.717) is 28.2 Å². The molecule has 0 fully saturated rings. The summed E-state index contributed by atoms with van der Waals surface area (Å²) in [6.45, 7) is 2.71. The normalized spacial score (nSPS) is 21.3. The Bertz CT molecular complexity index is 1170. The van der Waals surface area contributed by atoms with Crippen molar-refractivity contribution in [3.8, 4) is 0 Å². The highest BCUT2D eigenvalue weighted by Gasteiger charge is 2.37. The molecular formula is C21H20FN3O6. The van der Waals surface area contributed by atoms with Crippen LogP contribution >= 0.6 is 0 Å². The number of nitrogens with one attached hydrogen (secondary N) is 3. The standard InChI is InChI=1S/C21H20FN3O6/c1-8-14(6-12-11-5-10(22)3-4-13(11)24-19(12)29)23-9(2)16(8)20(30)25-21-18(28)17(27)15(7-26)31-21/h3-6,18,21,23,26-28H,7H2,1-2H3,(H,24,29)(H,25,30)/b12-6-/t18?,21-/m0/s1. The summed E-state index contributed by atoms with van der Waals surface area (Å²) in [5.41, 5.74) is 2.92. The van der Waals surface area contributed by atoms with Crippen molar-refractivity contribution in [2.24, 2.45) is 0 Å². The molecule has 0 saturated heterocycles. The number of carbonyl (C=O) groups excluding carboxylic acids is 2. The predicted molar refractivity (Wildman–Crippen MR) is 108 cm³/mol. The molecule has 31 heavy (non-hydrogen) atoms. The van der Waals surface area contributed by atoms with E-state index in [1.807, 2.05) is 0 Å². The number of rotatable bonds is 4. The van der Waals surface area contributed by atoms with Gasteiger partial charge < -0.3 is 35.7 Å². The number of aromatic nitrogens is 1. The molecule has 0 radical (unpaired) electrons. The molecule has 0 saturated carbocycles. The van der Waals surface area contributed by atoms with Crippen LogP contribution in [0.4, 0.5) is 10.1 Å². The van der Waals surface area contributed by atoms with E-state index in [0.717, 1.165) is 0 Å². The Morgan fingerprint density at radius 2 is 2.10 bits per heavy atom. The number of aromatic amines is 1. The number of aliphatic hydroxyl groups is 3. The van der Waals surface area contributed by atoms with E-state index >= 15 is 0 Å². The third-order valence-corrected chi connectivity index (χ3v) is 5.30. The van der Waals surface area contributed by atoms with Crippen LogP contribution in [0.1, 0.15) is 32.9 Å². The van der Waals surface area contributed by atoms with Crippen LogP contribution in [0.15, 0.2) is 29.7 Å². The van der Waals surface area contributed by atoms with Crippen molar-refractivity contribution >= 4 is 29.2 Å². The zero-order valence-electron chi connectivity index (χ0n) is 16.6. The summed E-state index contributed by atoms with van der Waals surface area (Å²) in [6, 6.07) is 3.99. The SMILES string of the molecule is Cc1[nH]c(/C=C2\C(=O)Nc3ccc(F)cc32)c(C)c1C(=O)N[C@H]1OC(CO)=C(O)C1O. The summed E-state index contributed by atoms with van der Waals surface area (Å²) in [6.07, 6.45) is -1.24. The molecule has 2 atom stereocenters. The number of ether oxygens (including phenoxy) is 1. The lowest BCUT2D eigenvalue weighted by molar-refractivity contribution is -0.110. The summed E-state index contributed by atoms with van der Waals surface area (Å²) in [7, 11) is 0. The van der Waals surface area contributed by atoms with Gasteiger partial charge in [-0.1, -0.05) is 0 Å². The third-order valence-electron chi connectivity index (χ3n) is 5.30. The summed E-state index contributed by atoms with van der Waals surface area (Å²) < 4.78 is 18.8. The van der Waals surface area contributed by atoms with Crippen molar-refractivity contribution in [3.05, 3.63) is 63.6 Å². The van der Waals surface area contributed by atoms with Crippen LogP contribution < -0.4 is 10.6 Å². The molecule has 6 N–H and O–H groups in total. The first kappa shape index (κ1) is 20.6. The fourth-order valence-electron chi connectivity index (χ4n) is 3.72. The number of fused-ring (bicyclic) bond motifs is 1. The zero-order valence-corrected chi connectivity index (χ0v) is 16.6. The van der Waals surface area contributed by atoms with Gasteiger partial charge in [-0.3, -0.25) is 9.59 Å². The van der Waals surface area contributed by atoms with E-state index in [9.17, 15) is 24.2 Å². The third kappa shape index (κ3) is 3.45. The van der Waals surface area contributed by atoms with Gasteiger partial charge in [0.05, 0.1) is 11.1 Å². The van der Waals surface area contributed by atoms with E-state index in [-0.39, 0.29) is 22.8 Å². The van der Waals surface area contributed by atoms with Crippen LogP contribution in [0.5, 0.6) is 0 Å². The highest BCUT2D eigenvalue weighted by molar-refractivity contribution is 6.34. The molecule has 4 rings (SSSR count). The van der Waals surface area contributed by atoms with Crippen LogP contribution in [0.25, 0.3) is 11.6 Å². The number of carbonyl (C=O) groups is 2. The number of anilines is 1. The van der Waals surface area contributed by atoms with Crippen molar-refractivity contribution < 1.29 is 34.0 Å². The molecule has 1 aromatic heterocycles. The van der Waals surface area contributed by atoms with Crippen molar-refractivity contribution in [2.75, 3.05) is 11.9 Å². The lowest BCUT2D eigenvalue weighted by atomic mass is 10.0. The number of halogens is 1. The van der Waals surface area contributed by atoms with E-state index in [1.54, 1.807) is 13.8 Å². The second kappa shape index (κ2) is 7.56. The maximum absolute atomic E-state index is 13.7. The van der Waals surface area contributed by atoms with Crippen molar-refractivity contribution in [1.29, 1.82) is 0 Å². The Morgan fingerprint density at radius 1 is 1.35 bits per heavy atom. The minimum absolute atomic E-state index is 0.219. The molecule has 9 nitrogen and oxygen atoms in total. The number of hydrogen-bond donors (Lipinski definition) is 6. The molecule has 2 aliphatic rings. The minimum atomic E-state index is -1.51. The largest absolute Gasteiger partial charge is 0.506 e. The Kier molecular flexibility index (Phi) is 5.03. The number of hydrogen-bond acceptors (Lipinski definition) is 6. The van der Waals surface area contributed by atoms with Gasteiger partial charge in [-0.15, -0.1) is 0 Å². The van der Waals surface area contributed by atoms with E-state index in [2.05, 4.69) is 15.6 Å². The topological polar surface area (TPSA) is 144 Å². The molecule has 10 heteroatoms. The first-order chi connectivity index (χ1) is 14.7. The van der Waals surface area contributed by atoms with Crippen LogP contribution in [-0.2, 0) is 9.53 Å². The molecule has 162 valence electrons. The number of aryl methyl sites for hydroxylation is 1. The van der Waals surface area contributed by atoms with Crippen molar-refractivity contribution in [3.63, 3.8) is 0 Å². The fourth-order valence-corrected chi connectivity index (χ4v) is 3.72. The lowest BCUT2D eigenvalue weighted by Gasteiger charge is -2.17. The van der Waals surface area contributed by atoms with Gasteiger partial charge in [-0.25, -0.2) is 4.39 Å². The van der Waals surface area contributed by atoms with Gasteiger partial charge in [-0.05, 0) is 43.7 Å². The van der Waals surface area contributed by atoms with Gasteiger partial charge in [0.25, 0.3) is 11.8 Å². The lowest BCUT2D eigenvalue weighted by Crippen LogP contribution is -2.42. The van der Waals surface area contributed by atoms with Gasteiger partial charge in [-0.2, -0.15) is 0 Å². The van der Waals surface area contributed by atoms with E-state index in [1.165, 1.54) is 24.3 Å². The smallest absolute Gasteiger partial charge is 0.256 e. The quantitative estimate of drug-likeness (QED) is 0.406. The molecule has 1 unspecified atom stereocenters. The van der Waals surface area contributed by atoms with Gasteiger partial charge in [0.1, 0.15) is 12.4 Å². The maximum atomic E-state index is 13.7. The van der Waals surface area contributed by atoms with Gasteiger partial charge >= 0.3 is 0 Å². The van der Waals surface area contributed by atoms with Crippen LogP contribution in [0.3, 0.4) is 0 Å².